The summed E-state index contributed by atoms with van der Waals surface area (Å²) in [4.78, 5) is 0. The second kappa shape index (κ2) is 9.18. The monoisotopic (exact) mass is 347 g/mol. The van der Waals surface area contributed by atoms with Crippen LogP contribution in [0.15, 0.2) is 54.6 Å². The van der Waals surface area contributed by atoms with Crippen LogP contribution in [0.25, 0.3) is 21.5 Å². The molecule has 0 aliphatic heterocycles. The van der Waals surface area contributed by atoms with Gasteiger partial charge in [0.25, 0.3) is 0 Å². The van der Waals surface area contributed by atoms with Crippen LogP contribution >= 0.6 is 0 Å². The average Bonchev–Trinajstić information content (AvgIpc) is 2.94. The molecule has 3 aromatic carbocycles. The fourth-order valence-corrected chi connectivity index (χ4v) is 3.49. The van der Waals surface area contributed by atoms with Crippen molar-refractivity contribution < 1.29 is 30.7 Å². The molecule has 3 rings (SSSR count). The van der Waals surface area contributed by atoms with Crippen LogP contribution in [0.5, 0.6) is 0 Å². The molecule has 22 heavy (non-hydrogen) atoms. The molecule has 0 amide bonds. The van der Waals surface area contributed by atoms with Gasteiger partial charge in [-0.1, -0.05) is 36.4 Å². The van der Waals surface area contributed by atoms with Crippen LogP contribution in [0.1, 0.15) is 6.42 Å². The van der Waals surface area contributed by atoms with Gasteiger partial charge in [0.2, 0.25) is 0 Å². The molecule has 0 fully saturated rings. The number of rotatable bonds is 4. The molecule has 3 aromatic rings. The predicted molar refractivity (Wildman–Crippen MR) is 87.0 cm³/mol. The van der Waals surface area contributed by atoms with Gasteiger partial charge in [0.1, 0.15) is 0 Å². The minimum absolute atomic E-state index is 0.161. The van der Waals surface area contributed by atoms with Crippen molar-refractivity contribution in [1.82, 2.24) is 0 Å². The number of aliphatic hydroxyl groups excluding tert-OH is 1. The van der Waals surface area contributed by atoms with Crippen LogP contribution in [0.4, 0.5) is 0 Å². The van der Waals surface area contributed by atoms with E-state index in [1.54, 1.807) is 0 Å². The van der Waals surface area contributed by atoms with Crippen molar-refractivity contribution in [1.29, 1.82) is 0 Å². The molecule has 0 aliphatic carbocycles. The first-order chi connectivity index (χ1) is 10.8. The molecule has 114 valence electrons. The van der Waals surface area contributed by atoms with E-state index in [0.717, 1.165) is 0 Å². The summed E-state index contributed by atoms with van der Waals surface area (Å²) in [5.74, 6) is 0. The summed E-state index contributed by atoms with van der Waals surface area (Å²) < 4.78 is 15.3. The van der Waals surface area contributed by atoms with Crippen molar-refractivity contribution >= 4 is 28.0 Å². The SMILES string of the molecule is C[Si](OCCCO)=[Ti]=[O].c1ccc2c(c1)[cH-]c1ccccc12. The third kappa shape index (κ3) is 4.73. The first kappa shape index (κ1) is 17.3. The van der Waals surface area contributed by atoms with Gasteiger partial charge in [-0.2, -0.15) is 0 Å². The van der Waals surface area contributed by atoms with Crippen molar-refractivity contribution in [2.75, 3.05) is 13.2 Å². The Bertz CT molecular complexity index is 740. The molecular formula is C17H19O3SiTi-. The standard InChI is InChI=1S/C13H9.C4H10O2Si.O.Ti/c1-3-7-12-10(5-1)9-11-6-2-4-8-13(11)12;1-7-6-4-2-3-5;;/h1-9H;5H,2-4H2,1H3;;/q-1;;;. The first-order valence-corrected chi connectivity index (χ1v) is 12.1. The van der Waals surface area contributed by atoms with Crippen molar-refractivity contribution in [3.8, 4) is 0 Å². The third-order valence-electron chi connectivity index (χ3n) is 3.29. The van der Waals surface area contributed by atoms with Crippen molar-refractivity contribution in [3.63, 3.8) is 0 Å². The van der Waals surface area contributed by atoms with Gasteiger partial charge >= 0.3 is 63.3 Å². The number of benzene rings is 2. The minimum atomic E-state index is -1.04. The second-order valence-electron chi connectivity index (χ2n) is 4.90. The summed E-state index contributed by atoms with van der Waals surface area (Å²) in [7, 11) is 0. The first-order valence-electron chi connectivity index (χ1n) is 7.25. The molecule has 5 heteroatoms. The molecule has 0 bridgehead atoms. The zero-order valence-corrected chi connectivity index (χ0v) is 15.1. The number of hydrogen-bond donors (Lipinski definition) is 1. The smallest absolute Gasteiger partial charge is 0.0771 e. The molecule has 0 atom stereocenters. The Morgan fingerprint density at radius 1 is 1.09 bits per heavy atom. The molecule has 0 aromatic heterocycles. The quantitative estimate of drug-likeness (QED) is 0.445. The molecule has 3 nitrogen and oxygen atoms in total. The molecule has 0 saturated carbocycles. The van der Waals surface area contributed by atoms with Gasteiger partial charge in [0.05, 0.1) is 0 Å². The Morgan fingerprint density at radius 3 is 2.14 bits per heavy atom. The maximum absolute atomic E-state index is 10.2. The number of aliphatic hydroxyl groups is 1. The summed E-state index contributed by atoms with van der Waals surface area (Å²) in [6, 6.07) is 19.3. The molecule has 0 heterocycles. The van der Waals surface area contributed by atoms with Gasteiger partial charge in [-0.25, -0.2) is 0 Å². The van der Waals surface area contributed by atoms with E-state index in [2.05, 4.69) is 54.6 Å². The van der Waals surface area contributed by atoms with Crippen LogP contribution in [0.2, 0.25) is 6.55 Å². The van der Waals surface area contributed by atoms with Gasteiger partial charge in [0, 0.05) is 0 Å². The van der Waals surface area contributed by atoms with Crippen LogP contribution in [0, 0.1) is 0 Å². The molecule has 0 radical (unpaired) electrons. The van der Waals surface area contributed by atoms with Crippen molar-refractivity contribution in [3.05, 3.63) is 54.6 Å². The largest absolute Gasteiger partial charge is 0.126 e. The summed E-state index contributed by atoms with van der Waals surface area (Å²) in [6.45, 7) is 2.61. The average molecular weight is 347 g/mol. The Balaban J connectivity index is 0.000000175. The van der Waals surface area contributed by atoms with E-state index >= 15 is 0 Å². The van der Waals surface area contributed by atoms with Crippen LogP contribution in [0.3, 0.4) is 0 Å². The van der Waals surface area contributed by atoms with Crippen LogP contribution < -0.4 is 0 Å². The Kier molecular flexibility index (Phi) is 7.23. The van der Waals surface area contributed by atoms with Gasteiger partial charge in [0.15, 0.2) is 0 Å². The van der Waals surface area contributed by atoms with Gasteiger partial charge in [-0.05, 0) is 0 Å². The van der Waals surface area contributed by atoms with E-state index in [1.807, 2.05) is 6.55 Å². The Labute approximate surface area is 139 Å². The zero-order valence-electron chi connectivity index (χ0n) is 12.6. The predicted octanol–water partition coefficient (Wildman–Crippen LogP) is 3.64. The van der Waals surface area contributed by atoms with Crippen molar-refractivity contribution in [2.24, 2.45) is 0 Å². The second-order valence-corrected chi connectivity index (χ2v) is 10.8. The maximum atomic E-state index is 10.2. The van der Waals surface area contributed by atoms with E-state index in [0.29, 0.717) is 13.0 Å². The van der Waals surface area contributed by atoms with Gasteiger partial charge < -0.3 is 0 Å². The minimum Gasteiger partial charge on any atom is -0.126 e. The fraction of sp³-hybridized carbons (Fsp3) is 0.235. The molecule has 0 aliphatic rings. The van der Waals surface area contributed by atoms with Crippen LogP contribution in [-0.2, 0) is 25.6 Å². The number of hydrogen-bond acceptors (Lipinski definition) is 3. The Hall–Kier alpha value is -1.04. The Morgan fingerprint density at radius 2 is 1.64 bits per heavy atom. The topological polar surface area (TPSA) is 46.5 Å². The van der Waals surface area contributed by atoms with E-state index in [-0.39, 0.29) is 6.61 Å². The molecule has 0 saturated heterocycles. The van der Waals surface area contributed by atoms with E-state index < -0.39 is 24.3 Å². The van der Waals surface area contributed by atoms with Crippen LogP contribution in [-0.4, -0.2) is 24.7 Å². The normalized spacial score (nSPS) is 10.1. The summed E-state index contributed by atoms with van der Waals surface area (Å²) >= 11 is -1.04. The van der Waals surface area contributed by atoms with Gasteiger partial charge in [-0.3, -0.25) is 0 Å². The molecule has 0 spiro atoms. The zero-order chi connectivity index (χ0) is 15.8. The third-order valence-corrected chi connectivity index (χ3v) is 6.23. The molecule has 0 unspecified atom stereocenters. The van der Waals surface area contributed by atoms with E-state index in [1.165, 1.54) is 21.5 Å². The van der Waals surface area contributed by atoms with Crippen molar-refractivity contribution in [2.45, 2.75) is 13.0 Å². The fourth-order valence-electron chi connectivity index (χ4n) is 2.22. The summed E-state index contributed by atoms with van der Waals surface area (Å²) in [6.07, 6.45) is -0.282. The maximum Gasteiger partial charge on any atom is -0.0771 e. The number of fused-ring (bicyclic) bond motifs is 3. The summed E-state index contributed by atoms with van der Waals surface area (Å²) in [5, 5.41) is 13.7. The summed E-state index contributed by atoms with van der Waals surface area (Å²) in [5.41, 5.74) is 0. The van der Waals surface area contributed by atoms with E-state index in [4.69, 9.17) is 9.53 Å². The molecule has 1 N–H and O–H groups in total. The van der Waals surface area contributed by atoms with E-state index in [9.17, 15) is 3.32 Å². The van der Waals surface area contributed by atoms with Gasteiger partial charge in [-0.15, -0.1) is 39.7 Å². The molecular weight excluding hydrogens is 328 g/mol.